The lowest BCUT2D eigenvalue weighted by atomic mass is 9.87. The van der Waals surface area contributed by atoms with Crippen molar-refractivity contribution >= 4 is 0 Å². The second-order valence-corrected chi connectivity index (χ2v) is 6.13. The molecule has 0 saturated heterocycles. The highest BCUT2D eigenvalue weighted by molar-refractivity contribution is 5.39. The van der Waals surface area contributed by atoms with Crippen LogP contribution in [0.4, 0.5) is 0 Å². The fourth-order valence-corrected chi connectivity index (χ4v) is 3.22. The van der Waals surface area contributed by atoms with E-state index >= 15 is 0 Å². The summed E-state index contributed by atoms with van der Waals surface area (Å²) in [7, 11) is 0. The van der Waals surface area contributed by atoms with Crippen LogP contribution in [0, 0.1) is 0 Å². The van der Waals surface area contributed by atoms with Gasteiger partial charge in [-0.2, -0.15) is 0 Å². The molecular formula is C19H31NO. The van der Waals surface area contributed by atoms with Crippen LogP contribution in [-0.4, -0.2) is 13.2 Å². The number of rotatable bonds is 9. The Hall–Kier alpha value is -1.02. The first kappa shape index (κ1) is 16.4. The molecule has 2 heteroatoms. The van der Waals surface area contributed by atoms with E-state index in [1.165, 1.54) is 62.5 Å². The minimum absolute atomic E-state index is 0.520. The average molecular weight is 289 g/mol. The summed E-state index contributed by atoms with van der Waals surface area (Å²) in [6.45, 7) is 6.33. The van der Waals surface area contributed by atoms with Crippen molar-refractivity contribution in [3.05, 3.63) is 29.3 Å². The van der Waals surface area contributed by atoms with Gasteiger partial charge >= 0.3 is 0 Å². The molecule has 0 amide bonds. The predicted molar refractivity (Wildman–Crippen MR) is 90.1 cm³/mol. The number of hydrogen-bond acceptors (Lipinski definition) is 2. The molecule has 21 heavy (non-hydrogen) atoms. The molecule has 1 atom stereocenters. The Kier molecular flexibility index (Phi) is 7.08. The molecule has 0 heterocycles. The molecule has 0 saturated carbocycles. The second kappa shape index (κ2) is 9.09. The summed E-state index contributed by atoms with van der Waals surface area (Å²) in [4.78, 5) is 0. The number of unbranched alkanes of at least 4 members (excludes halogenated alkanes) is 4. The minimum atomic E-state index is 0.520. The van der Waals surface area contributed by atoms with E-state index < -0.39 is 0 Å². The highest BCUT2D eigenvalue weighted by Gasteiger charge is 2.19. The molecule has 1 aliphatic carbocycles. The van der Waals surface area contributed by atoms with Gasteiger partial charge in [-0.1, -0.05) is 45.6 Å². The van der Waals surface area contributed by atoms with E-state index in [0.29, 0.717) is 6.04 Å². The fourth-order valence-electron chi connectivity index (χ4n) is 3.22. The summed E-state index contributed by atoms with van der Waals surface area (Å²) in [5.74, 6) is 1.05. The maximum Gasteiger partial charge on any atom is 0.119 e. The first-order valence-electron chi connectivity index (χ1n) is 8.84. The monoisotopic (exact) mass is 289 g/mol. The average Bonchev–Trinajstić information content (AvgIpc) is 2.51. The Labute approximate surface area is 130 Å². The highest BCUT2D eigenvalue weighted by atomic mass is 16.5. The van der Waals surface area contributed by atoms with Gasteiger partial charge in [0, 0.05) is 6.04 Å². The predicted octanol–water partition coefficient (Wildman–Crippen LogP) is 5.02. The molecule has 0 aromatic heterocycles. The largest absolute Gasteiger partial charge is 0.494 e. The van der Waals surface area contributed by atoms with Gasteiger partial charge in [-0.05, 0) is 55.5 Å². The van der Waals surface area contributed by atoms with Crippen molar-refractivity contribution in [1.29, 1.82) is 0 Å². The van der Waals surface area contributed by atoms with Crippen LogP contribution >= 0.6 is 0 Å². The van der Waals surface area contributed by atoms with Crippen molar-refractivity contribution in [3.8, 4) is 5.75 Å². The van der Waals surface area contributed by atoms with E-state index in [1.807, 2.05) is 0 Å². The molecule has 0 radical (unpaired) electrons. The zero-order valence-electron chi connectivity index (χ0n) is 13.8. The normalized spacial score (nSPS) is 17.5. The molecule has 1 unspecified atom stereocenters. The van der Waals surface area contributed by atoms with Gasteiger partial charge in [-0.25, -0.2) is 0 Å². The Morgan fingerprint density at radius 2 is 2.00 bits per heavy atom. The Balaban J connectivity index is 1.85. The molecule has 0 spiro atoms. The van der Waals surface area contributed by atoms with Crippen LogP contribution in [0.3, 0.4) is 0 Å². The van der Waals surface area contributed by atoms with Crippen molar-refractivity contribution < 1.29 is 4.74 Å². The van der Waals surface area contributed by atoms with Gasteiger partial charge < -0.3 is 10.1 Å². The second-order valence-electron chi connectivity index (χ2n) is 6.13. The van der Waals surface area contributed by atoms with Crippen LogP contribution in [0.5, 0.6) is 5.75 Å². The first-order valence-corrected chi connectivity index (χ1v) is 8.84. The Morgan fingerprint density at radius 1 is 1.14 bits per heavy atom. The third-order valence-electron chi connectivity index (χ3n) is 4.40. The summed E-state index contributed by atoms with van der Waals surface area (Å²) < 4.78 is 5.95. The lowest BCUT2D eigenvalue weighted by molar-refractivity contribution is 0.303. The number of ether oxygens (including phenoxy) is 1. The lowest BCUT2D eigenvalue weighted by Gasteiger charge is -2.26. The molecule has 1 aromatic carbocycles. The molecule has 0 bridgehead atoms. The third-order valence-corrected chi connectivity index (χ3v) is 4.40. The zero-order chi connectivity index (χ0) is 14.9. The lowest BCUT2D eigenvalue weighted by Crippen LogP contribution is -2.24. The SMILES string of the molecule is CCCCCCCOc1ccc2c(c1)C(NCC)CCC2. The smallest absolute Gasteiger partial charge is 0.119 e. The van der Waals surface area contributed by atoms with Gasteiger partial charge in [-0.3, -0.25) is 0 Å². The number of aryl methyl sites for hydroxylation is 1. The molecule has 0 aliphatic heterocycles. The van der Waals surface area contributed by atoms with Crippen LogP contribution in [0.1, 0.15) is 76.0 Å². The van der Waals surface area contributed by atoms with E-state index in [-0.39, 0.29) is 0 Å². The van der Waals surface area contributed by atoms with Gasteiger partial charge in [0.2, 0.25) is 0 Å². The van der Waals surface area contributed by atoms with Crippen LogP contribution in [0.2, 0.25) is 0 Å². The first-order chi connectivity index (χ1) is 10.3. The van der Waals surface area contributed by atoms with Gasteiger partial charge in [0.05, 0.1) is 6.61 Å². The van der Waals surface area contributed by atoms with Crippen molar-refractivity contribution in [2.45, 2.75) is 71.3 Å². The highest BCUT2D eigenvalue weighted by Crippen LogP contribution is 2.32. The molecule has 1 aromatic rings. The third kappa shape index (κ3) is 5.03. The minimum Gasteiger partial charge on any atom is -0.494 e. The molecule has 118 valence electrons. The molecular weight excluding hydrogens is 258 g/mol. The van der Waals surface area contributed by atoms with Crippen molar-refractivity contribution in [2.24, 2.45) is 0 Å². The molecule has 1 N–H and O–H groups in total. The van der Waals surface area contributed by atoms with Crippen LogP contribution in [0.15, 0.2) is 18.2 Å². The van der Waals surface area contributed by atoms with E-state index in [9.17, 15) is 0 Å². The number of nitrogens with one attached hydrogen (secondary N) is 1. The summed E-state index contributed by atoms with van der Waals surface area (Å²) >= 11 is 0. The van der Waals surface area contributed by atoms with Gasteiger partial charge in [-0.15, -0.1) is 0 Å². The molecule has 2 nitrogen and oxygen atoms in total. The summed E-state index contributed by atoms with van der Waals surface area (Å²) in [5, 5.41) is 3.60. The maximum absolute atomic E-state index is 5.95. The fraction of sp³-hybridized carbons (Fsp3) is 0.684. The van der Waals surface area contributed by atoms with Gasteiger partial charge in [0.1, 0.15) is 5.75 Å². The topological polar surface area (TPSA) is 21.3 Å². The number of fused-ring (bicyclic) bond motifs is 1. The Bertz CT molecular complexity index is 416. The Morgan fingerprint density at radius 3 is 2.81 bits per heavy atom. The number of benzene rings is 1. The zero-order valence-corrected chi connectivity index (χ0v) is 13.8. The summed E-state index contributed by atoms with van der Waals surface area (Å²) in [6.07, 6.45) is 10.2. The molecule has 2 rings (SSSR count). The quantitative estimate of drug-likeness (QED) is 0.644. The van der Waals surface area contributed by atoms with E-state index in [2.05, 4.69) is 37.4 Å². The summed E-state index contributed by atoms with van der Waals surface area (Å²) in [6, 6.07) is 7.21. The van der Waals surface area contributed by atoms with Crippen LogP contribution in [-0.2, 0) is 6.42 Å². The summed E-state index contributed by atoms with van der Waals surface area (Å²) in [5.41, 5.74) is 2.97. The van der Waals surface area contributed by atoms with Crippen LogP contribution in [0.25, 0.3) is 0 Å². The van der Waals surface area contributed by atoms with E-state index in [4.69, 9.17) is 4.74 Å². The van der Waals surface area contributed by atoms with E-state index in [0.717, 1.165) is 18.9 Å². The molecule has 1 aliphatic rings. The molecule has 0 fully saturated rings. The standard InChI is InChI=1S/C19H31NO/c1-3-5-6-7-8-14-21-17-13-12-16-10-9-11-19(20-4-2)18(16)15-17/h12-13,15,19-20H,3-11,14H2,1-2H3. The maximum atomic E-state index is 5.95. The van der Waals surface area contributed by atoms with Crippen molar-refractivity contribution in [3.63, 3.8) is 0 Å². The van der Waals surface area contributed by atoms with Gasteiger partial charge in [0.25, 0.3) is 0 Å². The van der Waals surface area contributed by atoms with Crippen molar-refractivity contribution in [2.75, 3.05) is 13.2 Å². The van der Waals surface area contributed by atoms with Crippen molar-refractivity contribution in [1.82, 2.24) is 5.32 Å². The number of hydrogen-bond donors (Lipinski definition) is 1. The van der Waals surface area contributed by atoms with Crippen LogP contribution < -0.4 is 10.1 Å². The van der Waals surface area contributed by atoms with Gasteiger partial charge in [0.15, 0.2) is 0 Å². The van der Waals surface area contributed by atoms with E-state index in [1.54, 1.807) is 0 Å².